The molecule has 0 aliphatic carbocycles. The molecule has 0 radical (unpaired) electrons. The molecule has 1 aliphatic heterocycles. The van der Waals surface area contributed by atoms with Gasteiger partial charge < -0.3 is 9.80 Å². The Hall–Kier alpha value is -4.24. The summed E-state index contributed by atoms with van der Waals surface area (Å²) in [5, 5.41) is 2.25. The number of fused-ring (bicyclic) bond motifs is 1. The average molecular weight is 528 g/mol. The van der Waals surface area contributed by atoms with Crippen molar-refractivity contribution >= 4 is 50.0 Å². The number of benzene rings is 3. The molecule has 8 nitrogen and oxygen atoms in total. The zero-order chi connectivity index (χ0) is 26.7. The lowest BCUT2D eigenvalue weighted by Crippen LogP contribution is -2.48. The molecule has 0 spiro atoms. The largest absolute Gasteiger partial charge is 0.366 e. The van der Waals surface area contributed by atoms with Gasteiger partial charge in [0.15, 0.2) is 0 Å². The van der Waals surface area contributed by atoms with Crippen LogP contribution in [0.2, 0.25) is 0 Å². The Bertz CT molecular complexity index is 1600. The number of nitrogens with zero attached hydrogens (tertiary/aromatic N) is 4. The molecule has 5 rings (SSSR count). The number of sulfonamides is 1. The number of piperazine rings is 1. The van der Waals surface area contributed by atoms with Crippen LogP contribution >= 0.6 is 0 Å². The molecule has 0 bridgehead atoms. The van der Waals surface area contributed by atoms with Gasteiger partial charge in [0.25, 0.3) is 15.9 Å². The van der Waals surface area contributed by atoms with Crippen LogP contribution in [0.5, 0.6) is 0 Å². The Morgan fingerprint density at radius 1 is 0.947 bits per heavy atom. The van der Waals surface area contributed by atoms with Crippen molar-refractivity contribution < 1.29 is 13.2 Å². The highest BCUT2D eigenvalue weighted by Gasteiger charge is 2.24. The van der Waals surface area contributed by atoms with Crippen LogP contribution in [0, 0.1) is 6.92 Å². The zero-order valence-corrected chi connectivity index (χ0v) is 22.1. The number of hydrogen-bond donors (Lipinski definition) is 1. The number of pyridine rings is 1. The van der Waals surface area contributed by atoms with Crippen LogP contribution in [0.4, 0.5) is 17.1 Å². The molecule has 1 aliphatic rings. The van der Waals surface area contributed by atoms with E-state index in [1.54, 1.807) is 43.5 Å². The minimum absolute atomic E-state index is 0.0756. The zero-order valence-electron chi connectivity index (χ0n) is 21.3. The van der Waals surface area contributed by atoms with Crippen molar-refractivity contribution in [3.05, 3.63) is 90.3 Å². The SMILES string of the molecule is CC=Nc1c(C)cccc1S(=O)(=O)Nc1ccc(C(=O)N2CCN(c3cncc4ccccc34)CC2)cc1. The summed E-state index contributed by atoms with van der Waals surface area (Å²) in [6.45, 7) is 6.15. The highest BCUT2D eigenvalue weighted by molar-refractivity contribution is 7.92. The Kier molecular flexibility index (Phi) is 7.11. The number of carbonyl (C=O) groups excluding carboxylic acids is 1. The molecular weight excluding hydrogens is 498 g/mol. The number of nitrogens with one attached hydrogen (secondary N) is 1. The molecule has 4 aromatic rings. The second kappa shape index (κ2) is 10.6. The predicted octanol–water partition coefficient (Wildman–Crippen LogP) is 5.03. The minimum Gasteiger partial charge on any atom is -0.366 e. The third kappa shape index (κ3) is 5.10. The van der Waals surface area contributed by atoms with E-state index in [2.05, 4.69) is 25.7 Å². The van der Waals surface area contributed by atoms with Gasteiger partial charge >= 0.3 is 0 Å². The van der Waals surface area contributed by atoms with E-state index in [1.807, 2.05) is 48.5 Å². The number of aryl methyl sites for hydroxylation is 1. The summed E-state index contributed by atoms with van der Waals surface area (Å²) in [6.07, 6.45) is 5.32. The molecule has 1 fully saturated rings. The monoisotopic (exact) mass is 527 g/mol. The lowest BCUT2D eigenvalue weighted by atomic mass is 10.1. The summed E-state index contributed by atoms with van der Waals surface area (Å²) in [6, 6.07) is 19.7. The van der Waals surface area contributed by atoms with Gasteiger partial charge in [-0.05, 0) is 49.7 Å². The smallest absolute Gasteiger partial charge is 0.264 e. The van der Waals surface area contributed by atoms with Gasteiger partial charge in [-0.2, -0.15) is 0 Å². The van der Waals surface area contributed by atoms with E-state index in [1.165, 1.54) is 6.07 Å². The number of aromatic nitrogens is 1. The summed E-state index contributed by atoms with van der Waals surface area (Å²) in [7, 11) is -3.86. The van der Waals surface area contributed by atoms with Crippen LogP contribution in [-0.4, -0.2) is 56.6 Å². The summed E-state index contributed by atoms with van der Waals surface area (Å²) in [5.74, 6) is -0.0756. The first kappa shape index (κ1) is 25.4. The first-order chi connectivity index (χ1) is 18.4. The topological polar surface area (TPSA) is 95.0 Å². The summed E-state index contributed by atoms with van der Waals surface area (Å²) >= 11 is 0. The summed E-state index contributed by atoms with van der Waals surface area (Å²) in [5.41, 5.74) is 3.15. The highest BCUT2D eigenvalue weighted by Crippen LogP contribution is 2.30. The van der Waals surface area contributed by atoms with Crippen molar-refractivity contribution in [1.29, 1.82) is 0 Å². The average Bonchev–Trinajstić information content (AvgIpc) is 2.94. The van der Waals surface area contributed by atoms with E-state index < -0.39 is 10.0 Å². The maximum absolute atomic E-state index is 13.2. The molecule has 1 aromatic heterocycles. The number of hydrogen-bond acceptors (Lipinski definition) is 6. The van der Waals surface area contributed by atoms with Crippen molar-refractivity contribution in [3.8, 4) is 0 Å². The maximum atomic E-state index is 13.2. The van der Waals surface area contributed by atoms with Crippen molar-refractivity contribution in [1.82, 2.24) is 9.88 Å². The fourth-order valence-corrected chi connectivity index (χ4v) is 6.00. The first-order valence-corrected chi connectivity index (χ1v) is 13.9. The van der Waals surface area contributed by atoms with E-state index in [9.17, 15) is 13.2 Å². The van der Waals surface area contributed by atoms with Gasteiger partial charge in [-0.3, -0.25) is 19.5 Å². The molecule has 0 unspecified atom stereocenters. The minimum atomic E-state index is -3.86. The fourth-order valence-electron chi connectivity index (χ4n) is 4.72. The van der Waals surface area contributed by atoms with Crippen LogP contribution < -0.4 is 9.62 Å². The Balaban J connectivity index is 1.25. The molecule has 3 aromatic carbocycles. The lowest BCUT2D eigenvalue weighted by Gasteiger charge is -2.36. The molecule has 1 amide bonds. The molecule has 194 valence electrons. The molecule has 0 saturated carbocycles. The third-order valence-electron chi connectivity index (χ3n) is 6.69. The molecule has 1 saturated heterocycles. The van der Waals surface area contributed by atoms with Crippen molar-refractivity contribution in [3.63, 3.8) is 0 Å². The second-order valence-corrected chi connectivity index (χ2v) is 10.8. The van der Waals surface area contributed by atoms with Crippen LogP contribution in [0.15, 0.2) is 89.0 Å². The molecule has 38 heavy (non-hydrogen) atoms. The normalized spacial score (nSPS) is 14.3. The van der Waals surface area contributed by atoms with Gasteiger partial charge in [-0.1, -0.05) is 36.4 Å². The molecule has 9 heteroatoms. The van der Waals surface area contributed by atoms with Crippen LogP contribution in [0.1, 0.15) is 22.8 Å². The van der Waals surface area contributed by atoms with Gasteiger partial charge in [0, 0.05) is 60.6 Å². The number of rotatable bonds is 6. The van der Waals surface area contributed by atoms with Gasteiger partial charge in [0.2, 0.25) is 0 Å². The van der Waals surface area contributed by atoms with Crippen LogP contribution in [0.3, 0.4) is 0 Å². The van der Waals surface area contributed by atoms with E-state index in [-0.39, 0.29) is 10.8 Å². The van der Waals surface area contributed by atoms with Gasteiger partial charge in [-0.25, -0.2) is 8.42 Å². The van der Waals surface area contributed by atoms with E-state index in [0.29, 0.717) is 43.1 Å². The van der Waals surface area contributed by atoms with Gasteiger partial charge in [0.05, 0.1) is 17.6 Å². The molecule has 1 N–H and O–H groups in total. The van der Waals surface area contributed by atoms with Crippen LogP contribution in [-0.2, 0) is 10.0 Å². The number of aliphatic imine (C=N–C) groups is 1. The fraction of sp³-hybridized carbons (Fsp3) is 0.207. The second-order valence-electron chi connectivity index (χ2n) is 9.15. The Labute approximate surface area is 222 Å². The Morgan fingerprint density at radius 3 is 2.42 bits per heavy atom. The van der Waals surface area contributed by atoms with Crippen molar-refractivity contribution in [2.24, 2.45) is 4.99 Å². The number of anilines is 2. The number of para-hydroxylation sites is 1. The standard InChI is InChI=1S/C29H29N5O3S/c1-3-31-28-21(2)7-6-10-27(28)38(36,37)32-24-13-11-22(12-14-24)29(35)34-17-15-33(16-18-34)26-20-30-19-23-8-4-5-9-25(23)26/h3-14,19-20,32H,15-18H2,1-2H3. The van der Waals surface area contributed by atoms with E-state index >= 15 is 0 Å². The van der Waals surface area contributed by atoms with Crippen molar-refractivity contribution in [2.75, 3.05) is 35.8 Å². The lowest BCUT2D eigenvalue weighted by molar-refractivity contribution is 0.0747. The molecular formula is C29H29N5O3S. The van der Waals surface area contributed by atoms with Crippen molar-refractivity contribution in [2.45, 2.75) is 18.7 Å². The van der Waals surface area contributed by atoms with Gasteiger partial charge in [-0.15, -0.1) is 0 Å². The van der Waals surface area contributed by atoms with E-state index in [4.69, 9.17) is 0 Å². The highest BCUT2D eigenvalue weighted by atomic mass is 32.2. The quantitative estimate of drug-likeness (QED) is 0.355. The third-order valence-corrected chi connectivity index (χ3v) is 8.10. The number of carbonyl (C=O) groups is 1. The maximum Gasteiger partial charge on any atom is 0.264 e. The van der Waals surface area contributed by atoms with Gasteiger partial charge in [0.1, 0.15) is 4.90 Å². The molecule has 2 heterocycles. The number of amides is 1. The first-order valence-electron chi connectivity index (χ1n) is 12.5. The predicted molar refractivity (Wildman–Crippen MR) is 152 cm³/mol. The van der Waals surface area contributed by atoms with Crippen LogP contribution in [0.25, 0.3) is 10.8 Å². The summed E-state index contributed by atoms with van der Waals surface area (Å²) < 4.78 is 28.8. The van der Waals surface area contributed by atoms with E-state index in [0.717, 1.165) is 22.0 Å². The summed E-state index contributed by atoms with van der Waals surface area (Å²) in [4.78, 5) is 26.0. The molecule has 0 atom stereocenters. The Morgan fingerprint density at radius 2 is 1.68 bits per heavy atom.